The van der Waals surface area contributed by atoms with Gasteiger partial charge in [-0.25, -0.2) is 4.79 Å². The number of nitrogen functional groups attached to an aromatic ring is 1. The van der Waals surface area contributed by atoms with Crippen molar-refractivity contribution in [2.75, 3.05) is 5.73 Å². The Morgan fingerprint density at radius 3 is 2.33 bits per heavy atom. The number of nitrogens with one attached hydrogen (secondary N) is 1. The lowest BCUT2D eigenvalue weighted by Gasteiger charge is -2.23. The second-order valence-electron chi connectivity index (χ2n) is 6.49. The molecule has 5 nitrogen and oxygen atoms in total. The molecule has 1 unspecified atom stereocenters. The smallest absolute Gasteiger partial charge is 0.325 e. The standard InChI is InChI=1S/C19H21N3O2/c1-12-4-7-15(10-13(12)2)19(3)17(23)22(18(24)21-19)11-14-5-8-16(20)9-6-14/h4-10H,11,20H2,1-3H3,(H,21,24). The first-order chi connectivity index (χ1) is 11.3. The Labute approximate surface area is 141 Å². The maximum Gasteiger partial charge on any atom is 0.325 e. The third-order valence-corrected chi connectivity index (χ3v) is 4.68. The minimum atomic E-state index is -1.04. The number of rotatable bonds is 3. The predicted molar refractivity (Wildman–Crippen MR) is 93.2 cm³/mol. The molecule has 1 fully saturated rings. The SMILES string of the molecule is Cc1ccc(C2(C)NC(=O)N(Cc3ccc(N)cc3)C2=O)cc1C. The zero-order valence-corrected chi connectivity index (χ0v) is 14.1. The molecular formula is C19H21N3O2. The lowest BCUT2D eigenvalue weighted by Crippen LogP contribution is -2.40. The van der Waals surface area contributed by atoms with Crippen molar-refractivity contribution in [2.45, 2.75) is 32.9 Å². The van der Waals surface area contributed by atoms with Crippen LogP contribution in [-0.4, -0.2) is 16.8 Å². The molecule has 0 radical (unpaired) electrons. The highest BCUT2D eigenvalue weighted by Crippen LogP contribution is 2.31. The van der Waals surface area contributed by atoms with Crippen molar-refractivity contribution in [1.82, 2.24) is 10.2 Å². The second kappa shape index (κ2) is 5.67. The van der Waals surface area contributed by atoms with E-state index in [9.17, 15) is 9.59 Å². The van der Waals surface area contributed by atoms with Crippen molar-refractivity contribution in [3.05, 3.63) is 64.7 Å². The molecule has 5 heteroatoms. The van der Waals surface area contributed by atoms with E-state index in [1.165, 1.54) is 4.90 Å². The van der Waals surface area contributed by atoms with Crippen LogP contribution in [0, 0.1) is 13.8 Å². The summed E-state index contributed by atoms with van der Waals surface area (Å²) in [5.74, 6) is -0.243. The average molecular weight is 323 g/mol. The number of carbonyl (C=O) groups excluding carboxylic acids is 2. The van der Waals surface area contributed by atoms with Gasteiger partial charge in [0.2, 0.25) is 0 Å². The molecular weight excluding hydrogens is 302 g/mol. The Hall–Kier alpha value is -2.82. The number of hydrogen-bond donors (Lipinski definition) is 2. The van der Waals surface area contributed by atoms with E-state index in [1.807, 2.05) is 44.2 Å². The van der Waals surface area contributed by atoms with Crippen LogP contribution >= 0.6 is 0 Å². The first-order valence-corrected chi connectivity index (χ1v) is 7.87. The van der Waals surface area contributed by atoms with Crippen LogP contribution in [0.4, 0.5) is 10.5 Å². The van der Waals surface area contributed by atoms with Gasteiger partial charge in [-0.3, -0.25) is 9.69 Å². The number of nitrogens with zero attached hydrogens (tertiary/aromatic N) is 1. The van der Waals surface area contributed by atoms with Gasteiger partial charge in [0.1, 0.15) is 5.54 Å². The molecule has 0 aliphatic carbocycles. The van der Waals surface area contributed by atoms with Gasteiger partial charge < -0.3 is 11.1 Å². The van der Waals surface area contributed by atoms with Gasteiger partial charge in [0, 0.05) is 5.69 Å². The summed E-state index contributed by atoms with van der Waals surface area (Å²) in [5.41, 5.74) is 9.18. The summed E-state index contributed by atoms with van der Waals surface area (Å²) in [7, 11) is 0. The van der Waals surface area contributed by atoms with Gasteiger partial charge in [0.05, 0.1) is 6.54 Å². The van der Waals surface area contributed by atoms with E-state index in [1.54, 1.807) is 19.1 Å². The highest BCUT2D eigenvalue weighted by molar-refractivity contribution is 6.07. The molecule has 1 aliphatic heterocycles. The summed E-state index contributed by atoms with van der Waals surface area (Å²) >= 11 is 0. The number of amides is 3. The van der Waals surface area contributed by atoms with E-state index in [0.29, 0.717) is 5.69 Å². The van der Waals surface area contributed by atoms with Crippen molar-refractivity contribution >= 4 is 17.6 Å². The molecule has 0 aromatic heterocycles. The van der Waals surface area contributed by atoms with Gasteiger partial charge in [0.25, 0.3) is 5.91 Å². The first-order valence-electron chi connectivity index (χ1n) is 7.87. The topological polar surface area (TPSA) is 75.4 Å². The summed E-state index contributed by atoms with van der Waals surface area (Å²) in [6, 6.07) is 12.6. The number of anilines is 1. The first kappa shape index (κ1) is 16.1. The fourth-order valence-electron chi connectivity index (χ4n) is 2.89. The van der Waals surface area contributed by atoms with Gasteiger partial charge in [0.15, 0.2) is 0 Å². The van der Waals surface area contributed by atoms with Crippen molar-refractivity contribution in [3.8, 4) is 0 Å². The quantitative estimate of drug-likeness (QED) is 0.673. The van der Waals surface area contributed by atoms with Crippen LogP contribution < -0.4 is 11.1 Å². The normalized spacial score (nSPS) is 20.4. The molecule has 0 spiro atoms. The number of nitrogens with two attached hydrogens (primary N) is 1. The summed E-state index contributed by atoms with van der Waals surface area (Å²) in [4.78, 5) is 26.5. The Bertz CT molecular complexity index is 814. The van der Waals surface area contributed by atoms with Crippen LogP contribution in [0.25, 0.3) is 0 Å². The largest absolute Gasteiger partial charge is 0.399 e. The molecule has 2 aromatic carbocycles. The molecule has 3 N–H and O–H groups in total. The fraction of sp³-hybridized carbons (Fsp3) is 0.263. The van der Waals surface area contributed by atoms with Gasteiger partial charge in [-0.05, 0) is 55.2 Å². The van der Waals surface area contributed by atoms with Crippen LogP contribution in [0.2, 0.25) is 0 Å². The van der Waals surface area contributed by atoms with E-state index in [-0.39, 0.29) is 18.5 Å². The van der Waals surface area contributed by atoms with E-state index < -0.39 is 5.54 Å². The molecule has 0 saturated carbocycles. The molecule has 3 rings (SSSR count). The number of aryl methyl sites for hydroxylation is 2. The Morgan fingerprint density at radius 2 is 1.71 bits per heavy atom. The highest BCUT2D eigenvalue weighted by Gasteiger charge is 2.48. The second-order valence-corrected chi connectivity index (χ2v) is 6.49. The number of hydrogen-bond acceptors (Lipinski definition) is 3. The zero-order valence-electron chi connectivity index (χ0n) is 14.1. The highest BCUT2D eigenvalue weighted by atomic mass is 16.2. The van der Waals surface area contributed by atoms with E-state index in [4.69, 9.17) is 5.73 Å². The number of benzene rings is 2. The van der Waals surface area contributed by atoms with Gasteiger partial charge >= 0.3 is 6.03 Å². The van der Waals surface area contributed by atoms with Crippen molar-refractivity contribution in [2.24, 2.45) is 0 Å². The zero-order chi connectivity index (χ0) is 17.5. The van der Waals surface area contributed by atoms with Crippen LogP contribution in [-0.2, 0) is 16.9 Å². The van der Waals surface area contributed by atoms with Crippen molar-refractivity contribution in [1.29, 1.82) is 0 Å². The molecule has 1 aliphatic rings. The molecule has 1 atom stereocenters. The van der Waals surface area contributed by atoms with E-state index >= 15 is 0 Å². The third-order valence-electron chi connectivity index (χ3n) is 4.68. The van der Waals surface area contributed by atoms with Gasteiger partial charge in [-0.2, -0.15) is 0 Å². The van der Waals surface area contributed by atoms with Gasteiger partial charge in [-0.15, -0.1) is 0 Å². The number of carbonyl (C=O) groups is 2. The van der Waals surface area contributed by atoms with E-state index in [2.05, 4.69) is 5.32 Å². The summed E-state index contributed by atoms with van der Waals surface area (Å²) in [5, 5.41) is 2.84. The third kappa shape index (κ3) is 2.62. The monoisotopic (exact) mass is 323 g/mol. The van der Waals surface area contributed by atoms with Crippen LogP contribution in [0.15, 0.2) is 42.5 Å². The Morgan fingerprint density at radius 1 is 1.04 bits per heavy atom. The maximum absolute atomic E-state index is 12.9. The van der Waals surface area contributed by atoms with Crippen molar-refractivity contribution in [3.63, 3.8) is 0 Å². The molecule has 3 amide bonds. The Balaban J connectivity index is 1.90. The van der Waals surface area contributed by atoms with Crippen LogP contribution in [0.5, 0.6) is 0 Å². The molecule has 2 aromatic rings. The molecule has 1 saturated heterocycles. The fourth-order valence-corrected chi connectivity index (χ4v) is 2.89. The summed E-state index contributed by atoms with van der Waals surface area (Å²) in [6.45, 7) is 5.99. The lowest BCUT2D eigenvalue weighted by molar-refractivity contribution is -0.131. The van der Waals surface area contributed by atoms with Gasteiger partial charge in [-0.1, -0.05) is 30.3 Å². The number of imide groups is 1. The summed E-state index contributed by atoms with van der Waals surface area (Å²) < 4.78 is 0. The minimum absolute atomic E-state index is 0.228. The molecule has 124 valence electrons. The Kier molecular flexibility index (Phi) is 3.79. The van der Waals surface area contributed by atoms with Crippen molar-refractivity contribution < 1.29 is 9.59 Å². The van der Waals surface area contributed by atoms with Crippen LogP contribution in [0.3, 0.4) is 0 Å². The average Bonchev–Trinajstić information content (AvgIpc) is 2.76. The number of urea groups is 1. The predicted octanol–water partition coefficient (Wildman–Crippen LogP) is 2.85. The molecule has 24 heavy (non-hydrogen) atoms. The molecule has 1 heterocycles. The van der Waals surface area contributed by atoms with Crippen LogP contribution in [0.1, 0.15) is 29.2 Å². The van der Waals surface area contributed by atoms with E-state index in [0.717, 1.165) is 22.3 Å². The maximum atomic E-state index is 12.9. The lowest BCUT2D eigenvalue weighted by atomic mass is 9.89. The summed E-state index contributed by atoms with van der Waals surface area (Å²) in [6.07, 6.45) is 0. The molecule has 0 bridgehead atoms. The minimum Gasteiger partial charge on any atom is -0.399 e.